The molecule has 1 N–H and O–H groups in total. The lowest BCUT2D eigenvalue weighted by Crippen LogP contribution is -2.54. The Hall–Kier alpha value is -4.39. The number of unbranched alkanes of at least 4 members (excludes halogenated alkanes) is 10. The standard InChI is InChI=1S/C23H30N2O.C17H34O.C9H9F2N.C3H6/c1-7-9-15(2)22(26)12-21-18(5)16(3)13-24-14-20-11-8-10-17(4)25(20)19(6)23(21)24;1-4-6-7-8-9-10-11-12-13-14-15-16-17(3)18-5-2;1-2-12-6-7-3-4-8(10)5-9(7)11;1-3-2/h7,9,13,17,20H,1,5-6,8,10-12,14H2,2-4H3;3-16H2,1-2H3;2-5,12H,1,6H2;3H,1H2,2H3/b15-9+;;;. The van der Waals surface area contributed by atoms with Crippen LogP contribution >= 0.6 is 0 Å². The Labute approximate surface area is 359 Å². The number of allylic oxidation sites excluding steroid dienone is 8. The number of ether oxygens (including phenoxy) is 1. The van der Waals surface area contributed by atoms with Crippen LogP contribution < -0.4 is 5.32 Å². The van der Waals surface area contributed by atoms with Gasteiger partial charge < -0.3 is 19.9 Å². The third-order valence-corrected chi connectivity index (χ3v) is 10.8. The van der Waals surface area contributed by atoms with Gasteiger partial charge in [-0.2, -0.15) is 0 Å². The van der Waals surface area contributed by atoms with E-state index in [1.54, 1.807) is 18.2 Å². The molecular formula is C52H79F2N3O2. The summed E-state index contributed by atoms with van der Waals surface area (Å²) in [5.74, 6) is -0.0163. The SMILES string of the molecule is C=C(CCCCCCCCCCCCC)OCC.C=C/C=C(\C)C(=O)CC1=C2C(=C)N3C(C)CCCC3CN2C=C(C)C1=C.C=CC.C=CNCc1ccc(F)cc1F. The van der Waals surface area contributed by atoms with Crippen LogP contribution in [-0.4, -0.2) is 40.8 Å². The van der Waals surface area contributed by atoms with Gasteiger partial charge >= 0.3 is 0 Å². The number of carbonyl (C=O) groups excluding carboxylic acids is 1. The number of benzene rings is 1. The van der Waals surface area contributed by atoms with Gasteiger partial charge in [-0.3, -0.25) is 4.79 Å². The monoisotopic (exact) mass is 816 g/mol. The predicted octanol–water partition coefficient (Wildman–Crippen LogP) is 14.5. The number of halogens is 2. The molecule has 3 aliphatic rings. The molecule has 0 amide bonds. The first kappa shape index (κ1) is 52.6. The molecule has 0 radical (unpaired) electrons. The van der Waals surface area contributed by atoms with E-state index in [1.165, 1.54) is 108 Å². The fourth-order valence-corrected chi connectivity index (χ4v) is 7.59. The van der Waals surface area contributed by atoms with Crippen molar-refractivity contribution in [1.82, 2.24) is 15.1 Å². The molecule has 7 heteroatoms. The van der Waals surface area contributed by atoms with Crippen LogP contribution in [0.15, 0.2) is 128 Å². The topological polar surface area (TPSA) is 44.8 Å². The van der Waals surface area contributed by atoms with Crippen LogP contribution in [-0.2, 0) is 16.1 Å². The van der Waals surface area contributed by atoms with E-state index in [1.807, 2.05) is 20.8 Å². The van der Waals surface area contributed by atoms with Crippen molar-refractivity contribution < 1.29 is 18.3 Å². The Kier molecular flexibility index (Phi) is 27.3. The summed E-state index contributed by atoms with van der Waals surface area (Å²) >= 11 is 0. The summed E-state index contributed by atoms with van der Waals surface area (Å²) in [6, 6.07) is 4.49. The second-order valence-corrected chi connectivity index (χ2v) is 15.7. The molecule has 1 aromatic carbocycles. The molecule has 0 saturated carbocycles. The van der Waals surface area contributed by atoms with Gasteiger partial charge in [0.15, 0.2) is 5.78 Å². The van der Waals surface area contributed by atoms with Crippen molar-refractivity contribution in [2.45, 2.75) is 163 Å². The molecule has 5 nitrogen and oxygen atoms in total. The molecule has 1 aromatic rings. The van der Waals surface area contributed by atoms with Gasteiger partial charge in [0.2, 0.25) is 0 Å². The average Bonchev–Trinajstić information content (AvgIpc) is 3.19. The molecule has 3 heterocycles. The van der Waals surface area contributed by atoms with Gasteiger partial charge in [0.1, 0.15) is 11.6 Å². The Morgan fingerprint density at radius 2 is 1.58 bits per heavy atom. The van der Waals surface area contributed by atoms with Crippen LogP contribution in [0.4, 0.5) is 8.78 Å². The van der Waals surface area contributed by atoms with E-state index >= 15 is 0 Å². The van der Waals surface area contributed by atoms with E-state index < -0.39 is 11.6 Å². The second kappa shape index (κ2) is 30.6. The maximum absolute atomic E-state index is 12.9. The highest BCUT2D eigenvalue weighted by Crippen LogP contribution is 2.42. The van der Waals surface area contributed by atoms with Crippen LogP contribution in [0.3, 0.4) is 0 Å². The minimum absolute atomic E-state index is 0.116. The molecule has 0 spiro atoms. The van der Waals surface area contributed by atoms with Crippen LogP contribution in [0, 0.1) is 11.6 Å². The van der Waals surface area contributed by atoms with E-state index in [0.29, 0.717) is 30.6 Å². The molecule has 0 aliphatic carbocycles. The number of piperidine rings is 1. The lowest BCUT2D eigenvalue weighted by molar-refractivity contribution is -0.114. The number of hydrogen-bond donors (Lipinski definition) is 1. The Morgan fingerprint density at radius 1 is 0.966 bits per heavy atom. The van der Waals surface area contributed by atoms with Crippen LogP contribution in [0.25, 0.3) is 0 Å². The normalized spacial score (nSPS) is 17.0. The smallest absolute Gasteiger partial charge is 0.163 e. The second-order valence-electron chi connectivity index (χ2n) is 15.7. The number of rotatable bonds is 21. The van der Waals surface area contributed by atoms with Crippen LogP contribution in [0.2, 0.25) is 0 Å². The van der Waals surface area contributed by atoms with Crippen molar-refractivity contribution in [3.05, 3.63) is 145 Å². The zero-order valence-corrected chi connectivity index (χ0v) is 37.9. The summed E-state index contributed by atoms with van der Waals surface area (Å²) in [7, 11) is 0. The number of Topliss-reactive ketones (excluding diaryl/α,β-unsaturated/α-hetero) is 1. The summed E-state index contributed by atoms with van der Waals surface area (Å²) in [6.07, 6.45) is 29.3. The van der Waals surface area contributed by atoms with E-state index in [2.05, 4.69) is 81.6 Å². The maximum Gasteiger partial charge on any atom is 0.163 e. The van der Waals surface area contributed by atoms with E-state index in [-0.39, 0.29) is 5.78 Å². The fraction of sp³-hybridized carbons (Fsp3) is 0.519. The lowest BCUT2D eigenvalue weighted by atomic mass is 9.85. The first-order valence-electron chi connectivity index (χ1n) is 22.1. The first-order valence-corrected chi connectivity index (χ1v) is 22.1. The number of hydrogen-bond acceptors (Lipinski definition) is 5. The van der Waals surface area contributed by atoms with Gasteiger partial charge in [0.05, 0.1) is 23.8 Å². The van der Waals surface area contributed by atoms with Gasteiger partial charge in [-0.1, -0.05) is 128 Å². The number of piperazine rings is 1. The van der Waals surface area contributed by atoms with Crippen molar-refractivity contribution in [2.75, 3.05) is 13.2 Å². The Bertz CT molecular complexity index is 1600. The molecular weight excluding hydrogens is 737 g/mol. The van der Waals surface area contributed by atoms with E-state index in [9.17, 15) is 13.6 Å². The fourth-order valence-electron chi connectivity index (χ4n) is 7.59. The van der Waals surface area contributed by atoms with Crippen LogP contribution in [0.5, 0.6) is 0 Å². The largest absolute Gasteiger partial charge is 0.499 e. The summed E-state index contributed by atoms with van der Waals surface area (Å²) in [5.41, 5.74) is 6.40. The third-order valence-electron chi connectivity index (χ3n) is 10.8. The van der Waals surface area contributed by atoms with Crippen molar-refractivity contribution in [1.29, 1.82) is 0 Å². The third kappa shape index (κ3) is 19.5. The van der Waals surface area contributed by atoms with Gasteiger partial charge in [-0.25, -0.2) is 8.78 Å². The highest BCUT2D eigenvalue weighted by atomic mass is 19.1. The molecule has 2 fully saturated rings. The van der Waals surface area contributed by atoms with Crippen molar-refractivity contribution >= 4 is 5.78 Å². The number of fused-ring (bicyclic) bond motifs is 2. The van der Waals surface area contributed by atoms with Gasteiger partial charge in [0, 0.05) is 55.8 Å². The zero-order chi connectivity index (χ0) is 44.2. The summed E-state index contributed by atoms with van der Waals surface area (Å²) < 4.78 is 30.6. The summed E-state index contributed by atoms with van der Waals surface area (Å²) in [6.45, 7) is 37.5. The summed E-state index contributed by atoms with van der Waals surface area (Å²) in [4.78, 5) is 17.5. The number of nitrogens with one attached hydrogen (secondary N) is 1. The lowest BCUT2D eigenvalue weighted by Gasteiger charge is -2.52. The first-order chi connectivity index (χ1) is 28.3. The average molecular weight is 816 g/mol. The Morgan fingerprint density at radius 3 is 2.14 bits per heavy atom. The molecule has 3 aliphatic heterocycles. The molecule has 2 saturated heterocycles. The molecule has 0 aromatic heterocycles. The minimum atomic E-state index is -0.560. The molecule has 4 rings (SSSR count). The molecule has 2 unspecified atom stereocenters. The maximum atomic E-state index is 12.9. The van der Waals surface area contributed by atoms with Crippen molar-refractivity contribution in [3.8, 4) is 0 Å². The van der Waals surface area contributed by atoms with Gasteiger partial charge in [0.25, 0.3) is 0 Å². The number of ketones is 1. The number of nitrogens with zero attached hydrogens (tertiary/aromatic N) is 2. The van der Waals surface area contributed by atoms with E-state index in [0.717, 1.165) is 65.1 Å². The molecule has 0 bridgehead atoms. The molecule has 328 valence electrons. The van der Waals surface area contributed by atoms with Gasteiger partial charge in [-0.05, 0) is 94.9 Å². The van der Waals surface area contributed by atoms with E-state index in [4.69, 9.17) is 4.74 Å². The van der Waals surface area contributed by atoms with Crippen molar-refractivity contribution in [2.24, 2.45) is 0 Å². The van der Waals surface area contributed by atoms with Crippen molar-refractivity contribution in [3.63, 3.8) is 0 Å². The zero-order valence-electron chi connectivity index (χ0n) is 37.9. The minimum Gasteiger partial charge on any atom is -0.499 e. The predicted molar refractivity (Wildman–Crippen MR) is 249 cm³/mol. The molecule has 59 heavy (non-hydrogen) atoms. The highest BCUT2D eigenvalue weighted by molar-refractivity contribution is 5.97. The highest BCUT2D eigenvalue weighted by Gasteiger charge is 2.39. The Balaban J connectivity index is 0.000000458. The van der Waals surface area contributed by atoms with Gasteiger partial charge in [-0.15, -0.1) is 6.58 Å². The van der Waals surface area contributed by atoms with Crippen LogP contribution in [0.1, 0.15) is 150 Å². The summed E-state index contributed by atoms with van der Waals surface area (Å²) in [5, 5.41) is 2.73. The number of carbonyl (C=O) groups is 1. The quantitative estimate of drug-likeness (QED) is 0.0440. The molecule has 2 atom stereocenters.